The van der Waals surface area contributed by atoms with Crippen LogP contribution in [-0.4, -0.2) is 59.3 Å². The molecular formula is C17H22N4O3S3. The fourth-order valence-electron chi connectivity index (χ4n) is 2.98. The zero-order valence-corrected chi connectivity index (χ0v) is 17.4. The summed E-state index contributed by atoms with van der Waals surface area (Å²) < 4.78 is 24.0. The van der Waals surface area contributed by atoms with Gasteiger partial charge in [0.15, 0.2) is 14.2 Å². The van der Waals surface area contributed by atoms with Crippen LogP contribution in [0.2, 0.25) is 0 Å². The fraction of sp³-hybridized carbons (Fsp3) is 0.471. The fourth-order valence-corrected chi connectivity index (χ4v) is 6.34. The van der Waals surface area contributed by atoms with E-state index in [2.05, 4.69) is 15.5 Å². The van der Waals surface area contributed by atoms with E-state index in [0.29, 0.717) is 29.0 Å². The van der Waals surface area contributed by atoms with Gasteiger partial charge >= 0.3 is 0 Å². The largest absolute Gasteiger partial charge is 0.356 e. The number of carbonyl (C=O) groups excluding carboxylic acids is 1. The maximum atomic E-state index is 12.5. The molecule has 1 unspecified atom stereocenters. The zero-order chi connectivity index (χ0) is 19.3. The van der Waals surface area contributed by atoms with Crippen LogP contribution in [0.15, 0.2) is 34.7 Å². The Balaban J connectivity index is 1.49. The van der Waals surface area contributed by atoms with Crippen molar-refractivity contribution in [3.63, 3.8) is 0 Å². The summed E-state index contributed by atoms with van der Waals surface area (Å²) in [5.41, 5.74) is 1.15. The number of carbonyl (C=O) groups is 1. The highest BCUT2D eigenvalue weighted by molar-refractivity contribution is 8.01. The molecule has 0 bridgehead atoms. The number of thioether (sulfide) groups is 1. The molecule has 1 aromatic heterocycles. The SMILES string of the molecule is CCN(C(=O)CSc1nnc(NCc2ccccc2)s1)C1CCS(=O)(=O)C1. The number of nitrogens with one attached hydrogen (secondary N) is 1. The lowest BCUT2D eigenvalue weighted by Crippen LogP contribution is -2.41. The number of aromatic nitrogens is 2. The standard InChI is InChI=1S/C17H22N4O3S3/c1-2-21(14-8-9-27(23,24)12-14)15(22)11-25-17-20-19-16(26-17)18-10-13-6-4-3-5-7-13/h3-7,14H,2,8-12H2,1H3,(H,18,19). The molecule has 27 heavy (non-hydrogen) atoms. The van der Waals surface area contributed by atoms with Gasteiger partial charge in [-0.3, -0.25) is 4.79 Å². The van der Waals surface area contributed by atoms with Crippen molar-refractivity contribution in [3.8, 4) is 0 Å². The van der Waals surface area contributed by atoms with Crippen molar-refractivity contribution in [2.24, 2.45) is 0 Å². The first kappa shape index (κ1) is 20.1. The third-order valence-electron chi connectivity index (χ3n) is 4.32. The van der Waals surface area contributed by atoms with E-state index in [1.165, 1.54) is 23.1 Å². The Kier molecular flexibility index (Phi) is 6.72. The first-order valence-electron chi connectivity index (χ1n) is 8.71. The predicted octanol–water partition coefficient (Wildman–Crippen LogP) is 2.28. The van der Waals surface area contributed by atoms with Crippen LogP contribution in [0.4, 0.5) is 5.13 Å². The summed E-state index contributed by atoms with van der Waals surface area (Å²) in [4.78, 5) is 14.2. The third kappa shape index (κ3) is 5.66. The van der Waals surface area contributed by atoms with E-state index in [0.717, 1.165) is 5.56 Å². The first-order chi connectivity index (χ1) is 13.0. The van der Waals surface area contributed by atoms with Crippen LogP contribution in [0.1, 0.15) is 18.9 Å². The van der Waals surface area contributed by atoms with Crippen molar-refractivity contribution in [3.05, 3.63) is 35.9 Å². The molecule has 1 amide bonds. The molecule has 1 aromatic carbocycles. The highest BCUT2D eigenvalue weighted by Crippen LogP contribution is 2.27. The monoisotopic (exact) mass is 426 g/mol. The lowest BCUT2D eigenvalue weighted by atomic mass is 10.2. The van der Waals surface area contributed by atoms with Crippen LogP contribution in [-0.2, 0) is 21.2 Å². The van der Waals surface area contributed by atoms with E-state index >= 15 is 0 Å². The maximum Gasteiger partial charge on any atom is 0.233 e. The molecular weight excluding hydrogens is 404 g/mol. The summed E-state index contributed by atoms with van der Waals surface area (Å²) in [6.45, 7) is 3.06. The van der Waals surface area contributed by atoms with Crippen molar-refractivity contribution >= 4 is 44.0 Å². The molecule has 1 aliphatic rings. The average Bonchev–Trinajstić information content (AvgIpc) is 3.26. The van der Waals surface area contributed by atoms with E-state index in [-0.39, 0.29) is 29.2 Å². The minimum atomic E-state index is -3.01. The lowest BCUT2D eigenvalue weighted by Gasteiger charge is -2.26. The Labute approximate surface area is 167 Å². The van der Waals surface area contributed by atoms with E-state index in [9.17, 15) is 13.2 Å². The van der Waals surface area contributed by atoms with Crippen LogP contribution >= 0.6 is 23.1 Å². The molecule has 7 nitrogen and oxygen atoms in total. The van der Waals surface area contributed by atoms with Gasteiger partial charge in [0.2, 0.25) is 11.0 Å². The minimum absolute atomic E-state index is 0.0569. The molecule has 0 spiro atoms. The normalized spacial score (nSPS) is 18.3. The molecule has 10 heteroatoms. The average molecular weight is 427 g/mol. The van der Waals surface area contributed by atoms with Gasteiger partial charge in [0.1, 0.15) is 0 Å². The topological polar surface area (TPSA) is 92.3 Å². The molecule has 2 heterocycles. The maximum absolute atomic E-state index is 12.5. The van der Waals surface area contributed by atoms with E-state index in [1.807, 2.05) is 37.3 Å². The van der Waals surface area contributed by atoms with Crippen molar-refractivity contribution in [2.75, 3.05) is 29.1 Å². The van der Waals surface area contributed by atoms with Gasteiger partial charge in [-0.1, -0.05) is 53.4 Å². The van der Waals surface area contributed by atoms with Crippen LogP contribution in [0.25, 0.3) is 0 Å². The molecule has 1 saturated heterocycles. The molecule has 0 radical (unpaired) electrons. The molecule has 1 aliphatic heterocycles. The number of benzene rings is 1. The molecule has 1 N–H and O–H groups in total. The molecule has 2 aromatic rings. The van der Waals surface area contributed by atoms with Crippen molar-refractivity contribution in [2.45, 2.75) is 30.3 Å². The van der Waals surface area contributed by atoms with Gasteiger partial charge in [0.25, 0.3) is 0 Å². The lowest BCUT2D eigenvalue weighted by molar-refractivity contribution is -0.129. The highest BCUT2D eigenvalue weighted by atomic mass is 32.2. The third-order valence-corrected chi connectivity index (χ3v) is 8.07. The Morgan fingerprint density at radius 1 is 1.33 bits per heavy atom. The van der Waals surface area contributed by atoms with E-state index in [1.54, 1.807) is 4.90 Å². The van der Waals surface area contributed by atoms with Crippen LogP contribution in [0.3, 0.4) is 0 Å². The van der Waals surface area contributed by atoms with Crippen LogP contribution < -0.4 is 5.32 Å². The van der Waals surface area contributed by atoms with Gasteiger partial charge in [0.05, 0.1) is 17.3 Å². The number of anilines is 1. The molecule has 1 fully saturated rings. The molecule has 0 saturated carbocycles. The number of hydrogen-bond donors (Lipinski definition) is 1. The number of rotatable bonds is 8. The summed E-state index contributed by atoms with van der Waals surface area (Å²) in [5, 5.41) is 12.1. The zero-order valence-electron chi connectivity index (χ0n) is 15.0. The number of nitrogens with zero attached hydrogens (tertiary/aromatic N) is 3. The summed E-state index contributed by atoms with van der Waals surface area (Å²) in [7, 11) is -3.01. The summed E-state index contributed by atoms with van der Waals surface area (Å²) in [6.07, 6.45) is 0.527. The van der Waals surface area contributed by atoms with Gasteiger partial charge in [-0.05, 0) is 18.9 Å². The predicted molar refractivity (Wildman–Crippen MR) is 109 cm³/mol. The highest BCUT2D eigenvalue weighted by Gasteiger charge is 2.33. The summed E-state index contributed by atoms with van der Waals surface area (Å²) in [5.74, 6) is 0.418. The second-order valence-corrected chi connectivity index (χ2v) is 10.7. The van der Waals surface area contributed by atoms with Crippen molar-refractivity contribution in [1.29, 1.82) is 0 Å². The Hall–Kier alpha value is -1.65. The smallest absolute Gasteiger partial charge is 0.233 e. The number of hydrogen-bond acceptors (Lipinski definition) is 8. The molecule has 3 rings (SSSR count). The second kappa shape index (κ2) is 9.03. The van der Waals surface area contributed by atoms with Crippen molar-refractivity contribution < 1.29 is 13.2 Å². The van der Waals surface area contributed by atoms with Gasteiger partial charge in [-0.25, -0.2) is 8.42 Å². The van der Waals surface area contributed by atoms with Gasteiger partial charge in [-0.15, -0.1) is 10.2 Å². The quantitative estimate of drug-likeness (QED) is 0.647. The second-order valence-electron chi connectivity index (χ2n) is 6.24. The molecule has 0 aliphatic carbocycles. The minimum Gasteiger partial charge on any atom is -0.356 e. The van der Waals surface area contributed by atoms with E-state index in [4.69, 9.17) is 0 Å². The number of amides is 1. The molecule has 146 valence electrons. The van der Waals surface area contributed by atoms with Crippen LogP contribution in [0, 0.1) is 0 Å². The first-order valence-corrected chi connectivity index (χ1v) is 12.3. The Morgan fingerprint density at radius 2 is 2.11 bits per heavy atom. The summed E-state index contributed by atoms with van der Waals surface area (Å²) >= 11 is 2.75. The van der Waals surface area contributed by atoms with Crippen molar-refractivity contribution in [1.82, 2.24) is 15.1 Å². The van der Waals surface area contributed by atoms with Crippen LogP contribution in [0.5, 0.6) is 0 Å². The molecule has 1 atom stereocenters. The van der Waals surface area contributed by atoms with Gasteiger partial charge < -0.3 is 10.2 Å². The van der Waals surface area contributed by atoms with Gasteiger partial charge in [0, 0.05) is 19.1 Å². The Morgan fingerprint density at radius 3 is 2.78 bits per heavy atom. The Bertz CT molecular complexity index is 871. The number of sulfone groups is 1. The van der Waals surface area contributed by atoms with E-state index < -0.39 is 9.84 Å². The summed E-state index contributed by atoms with van der Waals surface area (Å²) in [6, 6.07) is 9.81. The van der Waals surface area contributed by atoms with Gasteiger partial charge in [-0.2, -0.15) is 0 Å².